The first-order valence-electron chi connectivity index (χ1n) is 4.61. The summed E-state index contributed by atoms with van der Waals surface area (Å²) in [6, 6.07) is 5.73. The van der Waals surface area contributed by atoms with E-state index in [0.29, 0.717) is 10.0 Å². The fraction of sp³-hybridized carbons (Fsp3) is 0.400. The first-order valence-corrected chi connectivity index (χ1v) is 5.37. The van der Waals surface area contributed by atoms with E-state index in [-0.39, 0.29) is 0 Å². The van der Waals surface area contributed by atoms with Crippen LogP contribution in [0.1, 0.15) is 0 Å². The average molecular weight is 230 g/mol. The van der Waals surface area contributed by atoms with E-state index < -0.39 is 0 Å². The molecule has 76 valence electrons. The van der Waals surface area contributed by atoms with E-state index in [4.69, 9.17) is 23.2 Å². The minimum atomic E-state index is 0.617. The Morgan fingerprint density at radius 2 is 1.86 bits per heavy atom. The summed E-state index contributed by atoms with van der Waals surface area (Å²) < 4.78 is 0. The van der Waals surface area contributed by atoms with E-state index in [9.17, 15) is 0 Å². The third-order valence-corrected chi connectivity index (χ3v) is 3.14. The highest BCUT2D eigenvalue weighted by atomic mass is 35.5. The van der Waals surface area contributed by atoms with Gasteiger partial charge in [0.2, 0.25) is 0 Å². The molecule has 0 N–H and O–H groups in total. The van der Waals surface area contributed by atoms with Crippen molar-refractivity contribution in [1.82, 2.24) is 0 Å². The molecule has 0 radical (unpaired) electrons. The van der Waals surface area contributed by atoms with Crippen molar-refractivity contribution in [2.45, 2.75) is 0 Å². The number of rotatable bonds is 1. The Balaban J connectivity index is 2.26. The zero-order valence-electron chi connectivity index (χ0n) is 7.71. The average Bonchev–Trinajstić information content (AvgIpc) is 2.23. The van der Waals surface area contributed by atoms with Gasteiger partial charge < -0.3 is 10.2 Å². The normalized spacial score (nSPS) is 17.1. The molecule has 0 bridgehead atoms. The first kappa shape index (κ1) is 10.1. The highest BCUT2D eigenvalue weighted by Gasteiger charge is 2.11. The fourth-order valence-corrected chi connectivity index (χ4v) is 2.00. The SMILES string of the molecule is Clc1cccc(N2CC[N-]CC2)c1Cl. The molecule has 0 aliphatic carbocycles. The van der Waals surface area contributed by atoms with Crippen molar-refractivity contribution in [3.8, 4) is 0 Å². The lowest BCUT2D eigenvalue weighted by Crippen LogP contribution is -2.34. The standard InChI is InChI=1S/C10H11Cl2N2/c11-8-2-1-3-9(10(8)12)14-6-4-13-5-7-14/h1-3H,4-7H2/q-1. The topological polar surface area (TPSA) is 17.3 Å². The second kappa shape index (κ2) is 4.39. The van der Waals surface area contributed by atoms with Crippen LogP contribution < -0.4 is 4.90 Å². The van der Waals surface area contributed by atoms with Crippen LogP contribution in [0.3, 0.4) is 0 Å². The van der Waals surface area contributed by atoms with Gasteiger partial charge in [-0.25, -0.2) is 0 Å². The van der Waals surface area contributed by atoms with Crippen molar-refractivity contribution in [2.75, 3.05) is 31.1 Å². The summed E-state index contributed by atoms with van der Waals surface area (Å²) in [4.78, 5) is 2.22. The molecule has 2 rings (SSSR count). The van der Waals surface area contributed by atoms with Crippen molar-refractivity contribution < 1.29 is 0 Å². The molecule has 1 heterocycles. The number of piperazine rings is 1. The van der Waals surface area contributed by atoms with Crippen LogP contribution in [0.15, 0.2) is 18.2 Å². The van der Waals surface area contributed by atoms with Gasteiger partial charge in [-0.1, -0.05) is 29.3 Å². The molecular formula is C10H11Cl2N2-. The molecule has 0 unspecified atom stereocenters. The highest BCUT2D eigenvalue weighted by Crippen LogP contribution is 2.32. The van der Waals surface area contributed by atoms with Crippen LogP contribution in [0, 0.1) is 0 Å². The quantitative estimate of drug-likeness (QED) is 0.724. The van der Waals surface area contributed by atoms with Gasteiger partial charge in [-0.15, -0.1) is 13.1 Å². The molecule has 1 fully saturated rings. The number of benzene rings is 1. The van der Waals surface area contributed by atoms with Gasteiger partial charge in [0, 0.05) is 0 Å². The molecule has 0 aromatic heterocycles. The number of anilines is 1. The maximum Gasteiger partial charge on any atom is 0.0825 e. The third kappa shape index (κ3) is 1.97. The lowest BCUT2D eigenvalue weighted by molar-refractivity contribution is 0.759. The molecule has 0 amide bonds. The van der Waals surface area contributed by atoms with Gasteiger partial charge in [0.25, 0.3) is 0 Å². The lowest BCUT2D eigenvalue weighted by atomic mass is 10.2. The van der Waals surface area contributed by atoms with E-state index in [1.165, 1.54) is 0 Å². The Kier molecular flexibility index (Phi) is 3.16. The monoisotopic (exact) mass is 229 g/mol. The van der Waals surface area contributed by atoms with E-state index in [2.05, 4.69) is 10.2 Å². The number of halogens is 2. The Labute approximate surface area is 93.8 Å². The number of nitrogens with zero attached hydrogens (tertiary/aromatic N) is 2. The van der Waals surface area contributed by atoms with Gasteiger partial charge in [0.05, 0.1) is 15.7 Å². The molecule has 0 spiro atoms. The Morgan fingerprint density at radius 3 is 2.57 bits per heavy atom. The number of hydrogen-bond acceptors (Lipinski definition) is 1. The molecule has 1 aromatic rings. The molecular weight excluding hydrogens is 219 g/mol. The molecule has 2 nitrogen and oxygen atoms in total. The Morgan fingerprint density at radius 1 is 1.14 bits per heavy atom. The summed E-state index contributed by atoms with van der Waals surface area (Å²) >= 11 is 12.1. The minimum Gasteiger partial charge on any atom is -0.659 e. The summed E-state index contributed by atoms with van der Waals surface area (Å²) in [6.45, 7) is 3.62. The molecule has 1 aromatic carbocycles. The van der Waals surface area contributed by atoms with Crippen molar-refractivity contribution in [3.05, 3.63) is 33.6 Å². The van der Waals surface area contributed by atoms with Crippen molar-refractivity contribution in [3.63, 3.8) is 0 Å². The Bertz CT molecular complexity index is 322. The first-order chi connectivity index (χ1) is 6.79. The van der Waals surface area contributed by atoms with Crippen LogP contribution in [0.4, 0.5) is 5.69 Å². The van der Waals surface area contributed by atoms with Gasteiger partial charge in [-0.2, -0.15) is 0 Å². The van der Waals surface area contributed by atoms with Gasteiger partial charge >= 0.3 is 0 Å². The zero-order valence-corrected chi connectivity index (χ0v) is 9.22. The maximum absolute atomic E-state index is 6.12. The van der Waals surface area contributed by atoms with Crippen molar-refractivity contribution >= 4 is 28.9 Å². The summed E-state index contributed by atoms with van der Waals surface area (Å²) in [6.07, 6.45) is 0. The van der Waals surface area contributed by atoms with E-state index in [0.717, 1.165) is 31.9 Å². The fourth-order valence-electron chi connectivity index (χ4n) is 1.58. The van der Waals surface area contributed by atoms with Crippen molar-refractivity contribution in [2.24, 2.45) is 0 Å². The molecule has 0 atom stereocenters. The van der Waals surface area contributed by atoms with Crippen LogP contribution in [-0.2, 0) is 0 Å². The summed E-state index contributed by atoms with van der Waals surface area (Å²) in [5, 5.41) is 5.55. The van der Waals surface area contributed by atoms with Gasteiger partial charge in [-0.05, 0) is 25.2 Å². The molecule has 1 saturated heterocycles. The predicted molar refractivity (Wildman–Crippen MR) is 61.8 cm³/mol. The second-order valence-corrected chi connectivity index (χ2v) is 4.02. The van der Waals surface area contributed by atoms with E-state index in [1.54, 1.807) is 0 Å². The van der Waals surface area contributed by atoms with Gasteiger partial charge in [-0.3, -0.25) is 0 Å². The molecule has 0 saturated carbocycles. The van der Waals surface area contributed by atoms with Crippen LogP contribution in [-0.4, -0.2) is 26.2 Å². The summed E-state index contributed by atoms with van der Waals surface area (Å²) in [7, 11) is 0. The van der Waals surface area contributed by atoms with Crippen molar-refractivity contribution in [1.29, 1.82) is 0 Å². The van der Waals surface area contributed by atoms with Crippen LogP contribution >= 0.6 is 23.2 Å². The molecule has 1 aliphatic heterocycles. The summed E-state index contributed by atoms with van der Waals surface area (Å²) in [5.74, 6) is 0. The van der Waals surface area contributed by atoms with Gasteiger partial charge in [0.15, 0.2) is 0 Å². The minimum absolute atomic E-state index is 0.617. The lowest BCUT2D eigenvalue weighted by Gasteiger charge is -2.37. The highest BCUT2D eigenvalue weighted by molar-refractivity contribution is 6.43. The molecule has 4 heteroatoms. The second-order valence-electron chi connectivity index (χ2n) is 3.23. The van der Waals surface area contributed by atoms with Crippen LogP contribution in [0.25, 0.3) is 5.32 Å². The maximum atomic E-state index is 6.12. The van der Waals surface area contributed by atoms with Crippen LogP contribution in [0.2, 0.25) is 10.0 Å². The van der Waals surface area contributed by atoms with E-state index >= 15 is 0 Å². The molecule has 1 aliphatic rings. The number of hydrogen-bond donors (Lipinski definition) is 0. The van der Waals surface area contributed by atoms with Crippen LogP contribution in [0.5, 0.6) is 0 Å². The largest absolute Gasteiger partial charge is 0.659 e. The predicted octanol–water partition coefficient (Wildman–Crippen LogP) is 3.19. The van der Waals surface area contributed by atoms with Gasteiger partial charge in [0.1, 0.15) is 0 Å². The molecule has 14 heavy (non-hydrogen) atoms. The van der Waals surface area contributed by atoms with E-state index in [1.807, 2.05) is 18.2 Å². The Hall–Kier alpha value is -0.440. The summed E-state index contributed by atoms with van der Waals surface area (Å²) in [5.41, 5.74) is 1.02. The third-order valence-electron chi connectivity index (χ3n) is 2.33. The zero-order chi connectivity index (χ0) is 9.97. The smallest absolute Gasteiger partial charge is 0.0825 e.